The number of halogens is 4. The molecule has 3 atom stereocenters. The van der Waals surface area contributed by atoms with Gasteiger partial charge in [0.2, 0.25) is 0 Å². The number of amides is 1. The zero-order valence-electron chi connectivity index (χ0n) is 14.2. The Hall–Kier alpha value is -1.87. The quantitative estimate of drug-likeness (QED) is 0.794. The van der Waals surface area contributed by atoms with Crippen molar-refractivity contribution in [3.63, 3.8) is 0 Å². The van der Waals surface area contributed by atoms with Crippen molar-refractivity contribution in [1.29, 1.82) is 0 Å². The Kier molecular flexibility index (Phi) is 5.12. The highest BCUT2D eigenvalue weighted by atomic mass is 19.4. The van der Waals surface area contributed by atoms with Crippen LogP contribution in [0.1, 0.15) is 24.5 Å². The summed E-state index contributed by atoms with van der Waals surface area (Å²) in [5, 5.41) is 5.76. The first-order valence-corrected chi connectivity index (χ1v) is 8.37. The fraction of sp³-hybridized carbons (Fsp3) is 0.588. The number of rotatable bonds is 4. The summed E-state index contributed by atoms with van der Waals surface area (Å²) < 4.78 is 63.0. The van der Waals surface area contributed by atoms with Crippen LogP contribution in [0.25, 0.3) is 0 Å². The minimum atomic E-state index is -4.81. The number of morpholine rings is 1. The lowest BCUT2D eigenvalue weighted by molar-refractivity contribution is -0.140. The molecular weight excluding hydrogens is 356 g/mol. The van der Waals surface area contributed by atoms with Crippen molar-refractivity contribution in [2.24, 2.45) is 5.92 Å². The van der Waals surface area contributed by atoms with Crippen LogP contribution >= 0.6 is 0 Å². The monoisotopic (exact) mass is 376 g/mol. The van der Waals surface area contributed by atoms with Gasteiger partial charge in [0.1, 0.15) is 11.4 Å². The highest BCUT2D eigenvalue weighted by molar-refractivity contribution is 5.68. The molecule has 1 aliphatic carbocycles. The fourth-order valence-electron chi connectivity index (χ4n) is 3.16. The normalized spacial score (nSPS) is 28.5. The largest absolute Gasteiger partial charge is 0.438 e. The molecule has 5 nitrogen and oxygen atoms in total. The van der Waals surface area contributed by atoms with Crippen molar-refractivity contribution < 1.29 is 31.8 Å². The zero-order valence-corrected chi connectivity index (χ0v) is 14.2. The van der Waals surface area contributed by atoms with Gasteiger partial charge in [-0.05, 0) is 24.1 Å². The summed E-state index contributed by atoms with van der Waals surface area (Å²) in [6.07, 6.45) is -5.15. The van der Waals surface area contributed by atoms with Gasteiger partial charge in [0.25, 0.3) is 0 Å². The second-order valence-corrected chi connectivity index (χ2v) is 6.68. The van der Waals surface area contributed by atoms with Gasteiger partial charge in [0.15, 0.2) is 0 Å². The summed E-state index contributed by atoms with van der Waals surface area (Å²) in [5.74, 6) is -1.51. The van der Waals surface area contributed by atoms with E-state index in [0.717, 1.165) is 12.1 Å². The highest BCUT2D eigenvalue weighted by Gasteiger charge is 2.57. The van der Waals surface area contributed by atoms with E-state index in [4.69, 9.17) is 9.47 Å². The number of hydrogen-bond acceptors (Lipinski definition) is 4. The molecule has 1 amide bonds. The number of hydrogen-bond donors (Lipinski definition) is 2. The molecule has 26 heavy (non-hydrogen) atoms. The lowest BCUT2D eigenvalue weighted by atomic mass is 10.0. The van der Waals surface area contributed by atoms with Gasteiger partial charge in [-0.2, -0.15) is 13.2 Å². The molecule has 1 aliphatic heterocycles. The van der Waals surface area contributed by atoms with Crippen molar-refractivity contribution in [1.82, 2.24) is 10.6 Å². The van der Waals surface area contributed by atoms with E-state index < -0.39 is 29.3 Å². The molecule has 1 aromatic rings. The van der Waals surface area contributed by atoms with Crippen LogP contribution in [0, 0.1) is 11.7 Å². The Bertz CT molecular complexity index is 676. The predicted molar refractivity (Wildman–Crippen MR) is 84.0 cm³/mol. The molecule has 2 N–H and O–H groups in total. The molecule has 2 aliphatic rings. The highest BCUT2D eigenvalue weighted by Crippen LogP contribution is 2.55. The third-order valence-electron chi connectivity index (χ3n) is 4.77. The van der Waals surface area contributed by atoms with E-state index in [1.807, 2.05) is 0 Å². The summed E-state index contributed by atoms with van der Waals surface area (Å²) in [6.45, 7) is 3.78. The Morgan fingerprint density at radius 2 is 2.19 bits per heavy atom. The van der Waals surface area contributed by atoms with E-state index in [9.17, 15) is 22.4 Å². The first-order chi connectivity index (χ1) is 12.2. The van der Waals surface area contributed by atoms with E-state index >= 15 is 0 Å². The van der Waals surface area contributed by atoms with Crippen LogP contribution < -0.4 is 10.6 Å². The molecule has 1 aromatic carbocycles. The number of nitrogens with one attached hydrogen (secondary N) is 2. The number of alkyl carbamates (subject to hydrolysis) is 1. The first-order valence-electron chi connectivity index (χ1n) is 8.37. The van der Waals surface area contributed by atoms with Gasteiger partial charge >= 0.3 is 12.3 Å². The van der Waals surface area contributed by atoms with Gasteiger partial charge in [0.05, 0.1) is 18.8 Å². The second-order valence-electron chi connectivity index (χ2n) is 6.68. The molecule has 144 valence electrons. The third kappa shape index (κ3) is 3.93. The fourth-order valence-corrected chi connectivity index (χ4v) is 3.16. The summed E-state index contributed by atoms with van der Waals surface area (Å²) in [6, 6.07) is 2.67. The molecule has 0 spiro atoms. The van der Waals surface area contributed by atoms with Gasteiger partial charge in [0, 0.05) is 25.0 Å². The Morgan fingerprint density at radius 1 is 1.46 bits per heavy atom. The summed E-state index contributed by atoms with van der Waals surface area (Å²) in [5.41, 5.74) is -2.37. The van der Waals surface area contributed by atoms with E-state index in [1.165, 1.54) is 6.07 Å². The lowest BCUT2D eigenvalue weighted by Gasteiger charge is -2.25. The average Bonchev–Trinajstić information content (AvgIpc) is 3.23. The van der Waals surface area contributed by atoms with E-state index in [2.05, 4.69) is 10.6 Å². The molecule has 1 saturated carbocycles. The number of benzene rings is 1. The van der Waals surface area contributed by atoms with Crippen molar-refractivity contribution in [3.8, 4) is 0 Å². The number of alkyl halides is 3. The van der Waals surface area contributed by atoms with E-state index in [-0.39, 0.29) is 24.1 Å². The summed E-state index contributed by atoms with van der Waals surface area (Å²) in [4.78, 5) is 12.1. The Labute approximate surface area is 148 Å². The Morgan fingerprint density at radius 3 is 2.77 bits per heavy atom. The maximum atomic E-state index is 13.5. The van der Waals surface area contributed by atoms with Crippen LogP contribution in [-0.2, 0) is 21.3 Å². The second kappa shape index (κ2) is 7.03. The van der Waals surface area contributed by atoms with Gasteiger partial charge in [-0.1, -0.05) is 13.0 Å². The minimum Gasteiger partial charge on any atom is -0.438 e. The van der Waals surface area contributed by atoms with Crippen molar-refractivity contribution >= 4 is 6.09 Å². The summed E-state index contributed by atoms with van der Waals surface area (Å²) in [7, 11) is 0. The van der Waals surface area contributed by atoms with E-state index in [1.54, 1.807) is 6.92 Å². The molecule has 3 rings (SSSR count). The maximum Gasteiger partial charge on any atom is 0.419 e. The minimum absolute atomic E-state index is 0.0495. The van der Waals surface area contributed by atoms with Crippen molar-refractivity contribution in [2.45, 2.75) is 31.2 Å². The molecule has 0 aromatic heterocycles. The lowest BCUT2D eigenvalue weighted by Crippen LogP contribution is -2.48. The number of carbonyl (C=O) groups is 1. The average molecular weight is 376 g/mol. The molecule has 2 fully saturated rings. The zero-order chi connectivity index (χ0) is 18.9. The molecule has 2 unspecified atom stereocenters. The number of carbonyl (C=O) groups excluding carboxylic acids is 1. The Balaban J connectivity index is 1.68. The SMILES string of the molecule is CC1C[C@@]1(OC(=O)NCC1COCCN1)c1ccc(F)c(C(F)(F)F)c1. The van der Waals surface area contributed by atoms with Crippen LogP contribution in [0.3, 0.4) is 0 Å². The summed E-state index contributed by atoms with van der Waals surface area (Å²) >= 11 is 0. The van der Waals surface area contributed by atoms with Gasteiger partial charge in [-0.3, -0.25) is 0 Å². The van der Waals surface area contributed by atoms with Gasteiger partial charge in [-0.25, -0.2) is 9.18 Å². The maximum absolute atomic E-state index is 13.5. The topological polar surface area (TPSA) is 59.6 Å². The van der Waals surface area contributed by atoms with E-state index in [0.29, 0.717) is 26.2 Å². The molecular formula is C17H20F4N2O3. The number of ether oxygens (including phenoxy) is 2. The van der Waals surface area contributed by atoms with Crippen molar-refractivity contribution in [3.05, 3.63) is 35.1 Å². The van der Waals surface area contributed by atoms with Crippen LogP contribution in [-0.4, -0.2) is 38.4 Å². The van der Waals surface area contributed by atoms with Crippen LogP contribution in [0.4, 0.5) is 22.4 Å². The first kappa shape index (κ1) is 18.9. The molecule has 9 heteroatoms. The van der Waals surface area contributed by atoms with Crippen LogP contribution in [0.15, 0.2) is 18.2 Å². The van der Waals surface area contributed by atoms with Crippen molar-refractivity contribution in [2.75, 3.05) is 26.3 Å². The van der Waals surface area contributed by atoms with Gasteiger partial charge < -0.3 is 20.1 Å². The smallest absolute Gasteiger partial charge is 0.419 e. The standard InChI is InChI=1S/C17H20F4N2O3/c1-10-7-16(10,11-2-3-14(18)13(6-11)17(19,20)21)26-15(24)23-8-12-9-25-5-4-22-12/h2-3,6,10,12,22H,4-5,7-9H2,1H3,(H,23,24)/t10?,12?,16-/m0/s1. The van der Waals surface area contributed by atoms with Gasteiger partial charge in [-0.15, -0.1) is 0 Å². The van der Waals surface area contributed by atoms with Crippen LogP contribution in [0.2, 0.25) is 0 Å². The predicted octanol–water partition coefficient (Wildman–Crippen LogP) is 2.79. The molecule has 0 bridgehead atoms. The van der Waals surface area contributed by atoms with Crippen LogP contribution in [0.5, 0.6) is 0 Å². The molecule has 1 heterocycles. The third-order valence-corrected chi connectivity index (χ3v) is 4.77. The molecule has 1 saturated heterocycles. The molecule has 0 radical (unpaired) electrons.